The average Bonchev–Trinajstić information content (AvgIpc) is 2.59. The first kappa shape index (κ1) is 21.2. The first-order valence-corrected chi connectivity index (χ1v) is 9.27. The van der Waals surface area contributed by atoms with Crippen LogP contribution in [0.4, 0.5) is 4.39 Å². The second kappa shape index (κ2) is 9.20. The summed E-state index contributed by atoms with van der Waals surface area (Å²) in [6, 6.07) is 9.42. The minimum atomic E-state index is -0.828. The van der Waals surface area contributed by atoms with Gasteiger partial charge in [-0.2, -0.15) is 0 Å². The van der Waals surface area contributed by atoms with Crippen molar-refractivity contribution in [3.05, 3.63) is 69.5 Å². The predicted octanol–water partition coefficient (Wildman–Crippen LogP) is 4.76. The number of amides is 2. The van der Waals surface area contributed by atoms with Gasteiger partial charge in [0.05, 0.1) is 11.6 Å². The maximum Gasteiger partial charge on any atom is 0.254 e. The van der Waals surface area contributed by atoms with E-state index in [1.54, 1.807) is 45.0 Å². The average molecular weight is 411 g/mol. The van der Waals surface area contributed by atoms with Gasteiger partial charge in [0.2, 0.25) is 5.91 Å². The van der Waals surface area contributed by atoms with E-state index in [0.717, 1.165) is 0 Å². The van der Waals surface area contributed by atoms with Crippen LogP contribution in [-0.4, -0.2) is 17.9 Å². The Balaban J connectivity index is 2.12. The minimum absolute atomic E-state index is 0.107. The number of carbonyl (C=O) groups excluding carboxylic acids is 2. The Labute approximate surface area is 168 Å². The van der Waals surface area contributed by atoms with Gasteiger partial charge in [0.15, 0.2) is 0 Å². The van der Waals surface area contributed by atoms with Crippen LogP contribution < -0.4 is 10.6 Å². The van der Waals surface area contributed by atoms with Crippen molar-refractivity contribution in [2.24, 2.45) is 5.92 Å². The number of carbonyl (C=O) groups is 2. The largest absolute Gasteiger partial charge is 0.348 e. The van der Waals surface area contributed by atoms with Crippen molar-refractivity contribution in [1.29, 1.82) is 0 Å². The fourth-order valence-corrected chi connectivity index (χ4v) is 3.21. The van der Waals surface area contributed by atoms with Crippen molar-refractivity contribution in [2.75, 3.05) is 0 Å². The number of hydrogen-bond acceptors (Lipinski definition) is 2. The maximum absolute atomic E-state index is 13.8. The van der Waals surface area contributed by atoms with Gasteiger partial charge >= 0.3 is 0 Å². The van der Waals surface area contributed by atoms with E-state index < -0.39 is 23.8 Å². The molecule has 7 heteroatoms. The molecule has 0 heterocycles. The number of hydrogen-bond donors (Lipinski definition) is 2. The molecule has 2 amide bonds. The van der Waals surface area contributed by atoms with Crippen molar-refractivity contribution in [3.63, 3.8) is 0 Å². The molecule has 2 atom stereocenters. The van der Waals surface area contributed by atoms with E-state index in [1.807, 2.05) is 0 Å². The van der Waals surface area contributed by atoms with Gasteiger partial charge in [-0.05, 0) is 42.7 Å². The molecule has 2 rings (SSSR count). The molecule has 2 aromatic carbocycles. The Morgan fingerprint density at radius 2 is 1.67 bits per heavy atom. The number of halogens is 3. The molecular formula is C20H21Cl2FN2O2. The Morgan fingerprint density at radius 1 is 1.00 bits per heavy atom. The van der Waals surface area contributed by atoms with Crippen molar-refractivity contribution in [3.8, 4) is 0 Å². The summed E-state index contributed by atoms with van der Waals surface area (Å²) in [6.45, 7) is 5.38. The molecule has 2 aromatic rings. The van der Waals surface area contributed by atoms with Gasteiger partial charge in [-0.25, -0.2) is 4.39 Å². The third-order valence-electron chi connectivity index (χ3n) is 4.14. The van der Waals surface area contributed by atoms with Gasteiger partial charge in [0.1, 0.15) is 11.9 Å². The lowest BCUT2D eigenvalue weighted by Gasteiger charge is -2.24. The van der Waals surface area contributed by atoms with E-state index in [4.69, 9.17) is 23.2 Å². The van der Waals surface area contributed by atoms with E-state index in [1.165, 1.54) is 18.2 Å². The Kier molecular flexibility index (Phi) is 7.22. The van der Waals surface area contributed by atoms with Crippen molar-refractivity contribution in [2.45, 2.75) is 32.9 Å². The van der Waals surface area contributed by atoms with Crippen LogP contribution >= 0.6 is 23.2 Å². The molecule has 0 saturated carbocycles. The highest BCUT2D eigenvalue weighted by Crippen LogP contribution is 2.26. The highest BCUT2D eigenvalue weighted by molar-refractivity contribution is 6.35. The normalized spacial score (nSPS) is 13.1. The molecule has 0 saturated heterocycles. The fourth-order valence-electron chi connectivity index (χ4n) is 2.63. The van der Waals surface area contributed by atoms with Crippen LogP contribution in [0.15, 0.2) is 42.5 Å². The van der Waals surface area contributed by atoms with E-state index in [2.05, 4.69) is 10.6 Å². The summed E-state index contributed by atoms with van der Waals surface area (Å²) in [5.74, 6) is -1.86. The van der Waals surface area contributed by atoms with Crippen molar-refractivity contribution >= 4 is 35.0 Å². The summed E-state index contributed by atoms with van der Waals surface area (Å²) in [6.07, 6.45) is 0. The van der Waals surface area contributed by atoms with Gasteiger partial charge in [-0.3, -0.25) is 9.59 Å². The zero-order valence-corrected chi connectivity index (χ0v) is 16.7. The number of benzene rings is 2. The SMILES string of the molecule is CC(NC(=O)C(NC(=O)c1ccccc1F)C(C)C)c1ccc(Cl)cc1Cl. The lowest BCUT2D eigenvalue weighted by molar-refractivity contribution is -0.124. The fraction of sp³-hybridized carbons (Fsp3) is 0.300. The zero-order chi connectivity index (χ0) is 20.1. The van der Waals surface area contributed by atoms with E-state index >= 15 is 0 Å². The molecule has 0 bridgehead atoms. The molecule has 144 valence electrons. The molecule has 0 aliphatic heterocycles. The lowest BCUT2D eigenvalue weighted by atomic mass is 10.0. The van der Waals surface area contributed by atoms with Crippen molar-refractivity contribution < 1.29 is 14.0 Å². The minimum Gasteiger partial charge on any atom is -0.348 e. The van der Waals surface area contributed by atoms with Crippen LogP contribution in [0.5, 0.6) is 0 Å². The zero-order valence-electron chi connectivity index (χ0n) is 15.2. The van der Waals surface area contributed by atoms with Crippen LogP contribution in [0.25, 0.3) is 0 Å². The Bertz CT molecular complexity index is 842. The van der Waals surface area contributed by atoms with Gasteiger partial charge in [0, 0.05) is 10.0 Å². The number of nitrogens with one attached hydrogen (secondary N) is 2. The van der Waals surface area contributed by atoms with E-state index in [0.29, 0.717) is 15.6 Å². The third kappa shape index (κ3) is 5.44. The summed E-state index contributed by atoms with van der Waals surface area (Å²) in [4.78, 5) is 25.1. The first-order valence-electron chi connectivity index (χ1n) is 8.51. The molecule has 0 spiro atoms. The summed E-state index contributed by atoms with van der Waals surface area (Å²) in [5.41, 5.74) is 0.599. The maximum atomic E-state index is 13.8. The molecule has 2 unspecified atom stereocenters. The van der Waals surface area contributed by atoms with Gasteiger partial charge in [-0.1, -0.05) is 55.2 Å². The molecule has 0 aliphatic rings. The van der Waals surface area contributed by atoms with Crippen LogP contribution in [0.3, 0.4) is 0 Å². The Morgan fingerprint density at radius 3 is 2.26 bits per heavy atom. The highest BCUT2D eigenvalue weighted by atomic mass is 35.5. The first-order chi connectivity index (χ1) is 12.7. The van der Waals surface area contributed by atoms with Crippen molar-refractivity contribution in [1.82, 2.24) is 10.6 Å². The topological polar surface area (TPSA) is 58.2 Å². The quantitative estimate of drug-likeness (QED) is 0.720. The summed E-state index contributed by atoms with van der Waals surface area (Å²) in [7, 11) is 0. The van der Waals surface area contributed by atoms with Gasteiger partial charge < -0.3 is 10.6 Å². The summed E-state index contributed by atoms with van der Waals surface area (Å²) >= 11 is 12.1. The highest BCUT2D eigenvalue weighted by Gasteiger charge is 2.27. The smallest absolute Gasteiger partial charge is 0.254 e. The molecule has 0 aromatic heterocycles. The molecule has 0 radical (unpaired) electrons. The van der Waals surface area contributed by atoms with Gasteiger partial charge in [-0.15, -0.1) is 0 Å². The Hall–Kier alpha value is -2.11. The molecule has 4 nitrogen and oxygen atoms in total. The second-order valence-corrected chi connectivity index (χ2v) is 7.41. The molecular weight excluding hydrogens is 390 g/mol. The van der Waals surface area contributed by atoms with Crippen LogP contribution in [0.2, 0.25) is 10.0 Å². The molecule has 27 heavy (non-hydrogen) atoms. The summed E-state index contributed by atoms with van der Waals surface area (Å²) < 4.78 is 13.8. The summed E-state index contributed by atoms with van der Waals surface area (Å²) in [5, 5.41) is 6.38. The standard InChI is InChI=1S/C20H21Cl2FN2O2/c1-11(2)18(25-19(26)15-6-4-5-7-17(15)23)20(27)24-12(3)14-9-8-13(21)10-16(14)22/h4-12,18H,1-3H3,(H,24,27)(H,25,26). The molecule has 0 aliphatic carbocycles. The van der Waals surface area contributed by atoms with Gasteiger partial charge in [0.25, 0.3) is 5.91 Å². The second-order valence-electron chi connectivity index (χ2n) is 6.57. The van der Waals surface area contributed by atoms with Crippen LogP contribution in [0, 0.1) is 11.7 Å². The van der Waals surface area contributed by atoms with Crippen LogP contribution in [0.1, 0.15) is 42.7 Å². The number of rotatable bonds is 6. The van der Waals surface area contributed by atoms with E-state index in [-0.39, 0.29) is 17.4 Å². The predicted molar refractivity (Wildman–Crippen MR) is 106 cm³/mol. The third-order valence-corrected chi connectivity index (χ3v) is 4.70. The molecule has 2 N–H and O–H groups in total. The molecule has 0 fully saturated rings. The van der Waals surface area contributed by atoms with Crippen LogP contribution in [-0.2, 0) is 4.79 Å². The van der Waals surface area contributed by atoms with E-state index in [9.17, 15) is 14.0 Å². The lowest BCUT2D eigenvalue weighted by Crippen LogP contribution is -2.50. The monoisotopic (exact) mass is 410 g/mol.